The zero-order valence-corrected chi connectivity index (χ0v) is 14.9. The van der Waals surface area contributed by atoms with Gasteiger partial charge in [-0.05, 0) is 30.3 Å². The molecule has 0 fully saturated rings. The predicted octanol–water partition coefficient (Wildman–Crippen LogP) is 4.61. The number of rotatable bonds is 5. The minimum absolute atomic E-state index is 0.146. The number of carbonyl (C=O) groups is 1. The van der Waals surface area contributed by atoms with Gasteiger partial charge in [0.1, 0.15) is 17.2 Å². The summed E-state index contributed by atoms with van der Waals surface area (Å²) in [5.41, 5.74) is -2.10. The fraction of sp³-hybridized carbons (Fsp3) is 0.0588. The fourth-order valence-corrected chi connectivity index (χ4v) is 2.46. The molecule has 0 radical (unpaired) electrons. The summed E-state index contributed by atoms with van der Waals surface area (Å²) in [4.78, 5) is 24.2. The number of hydrogen-bond acceptors (Lipinski definition) is 5. The van der Waals surface area contributed by atoms with Crippen LogP contribution >= 0.6 is 23.2 Å². The van der Waals surface area contributed by atoms with Crippen molar-refractivity contribution >= 4 is 34.8 Å². The van der Waals surface area contributed by atoms with Crippen LogP contribution in [-0.4, -0.2) is 26.4 Å². The Morgan fingerprint density at radius 3 is 2.41 bits per heavy atom. The second-order valence-corrected chi connectivity index (χ2v) is 6.01. The smallest absolute Gasteiger partial charge is 0.420 e. The van der Waals surface area contributed by atoms with E-state index in [2.05, 4.69) is 25.0 Å². The first-order valence-electron chi connectivity index (χ1n) is 7.40. The maximum Gasteiger partial charge on any atom is 0.487 e. The molecule has 0 saturated carbocycles. The van der Waals surface area contributed by atoms with E-state index in [0.717, 1.165) is 0 Å². The van der Waals surface area contributed by atoms with Crippen LogP contribution < -0.4 is 10.1 Å². The highest BCUT2D eigenvalue weighted by molar-refractivity contribution is 6.32. The minimum atomic E-state index is -3.81. The van der Waals surface area contributed by atoms with Crippen LogP contribution in [0.3, 0.4) is 0 Å². The summed E-state index contributed by atoms with van der Waals surface area (Å²) in [6.07, 6.45) is 5.78. The highest BCUT2D eigenvalue weighted by Gasteiger charge is 2.27. The maximum atomic E-state index is 12.6. The molecular weight excluding hydrogens is 401 g/mol. The Bertz CT molecular complexity index is 951. The van der Waals surface area contributed by atoms with Crippen molar-refractivity contribution in [2.24, 2.45) is 0 Å². The van der Waals surface area contributed by atoms with Crippen LogP contribution in [0.15, 0.2) is 55.2 Å². The van der Waals surface area contributed by atoms with Crippen LogP contribution in [0.2, 0.25) is 5.15 Å². The third-order valence-corrected chi connectivity index (χ3v) is 3.70. The van der Waals surface area contributed by atoms with Crippen molar-refractivity contribution in [3.63, 3.8) is 0 Å². The average Bonchev–Trinajstić information content (AvgIpc) is 2.63. The van der Waals surface area contributed by atoms with E-state index in [1.54, 1.807) is 18.5 Å². The molecule has 0 saturated heterocycles. The van der Waals surface area contributed by atoms with E-state index >= 15 is 0 Å². The lowest BCUT2D eigenvalue weighted by atomic mass is 10.1. The quantitative estimate of drug-likeness (QED) is 0.490. The number of nitrogens with one attached hydrogen (secondary N) is 1. The molecule has 1 amide bonds. The minimum Gasteiger partial charge on any atom is -0.420 e. The zero-order chi connectivity index (χ0) is 19.4. The van der Waals surface area contributed by atoms with Crippen molar-refractivity contribution in [1.82, 2.24) is 15.0 Å². The van der Waals surface area contributed by atoms with Crippen molar-refractivity contribution in [2.45, 2.75) is 5.57 Å². The molecule has 0 aliphatic carbocycles. The Morgan fingerprint density at radius 2 is 1.78 bits per heavy atom. The van der Waals surface area contributed by atoms with E-state index in [4.69, 9.17) is 23.2 Å². The van der Waals surface area contributed by atoms with Crippen LogP contribution in [0.25, 0.3) is 11.1 Å². The molecule has 0 spiro atoms. The van der Waals surface area contributed by atoms with Crippen molar-refractivity contribution in [3.8, 4) is 16.9 Å². The van der Waals surface area contributed by atoms with Crippen LogP contribution in [0.4, 0.5) is 14.5 Å². The van der Waals surface area contributed by atoms with Crippen molar-refractivity contribution < 1.29 is 18.3 Å². The van der Waals surface area contributed by atoms with Crippen LogP contribution in [-0.2, 0) is 0 Å². The summed E-state index contributed by atoms with van der Waals surface area (Å²) in [6.45, 7) is 0. The molecular formula is C17H10Cl2F2N4O2. The van der Waals surface area contributed by atoms with Gasteiger partial charge in [-0.25, -0.2) is 15.0 Å². The predicted molar refractivity (Wildman–Crippen MR) is 96.1 cm³/mol. The highest BCUT2D eigenvalue weighted by atomic mass is 35.5. The van der Waals surface area contributed by atoms with E-state index in [0.29, 0.717) is 16.8 Å². The van der Waals surface area contributed by atoms with Gasteiger partial charge in [0.05, 0.1) is 5.56 Å². The van der Waals surface area contributed by atoms with E-state index in [9.17, 15) is 13.6 Å². The Morgan fingerprint density at radius 1 is 1.11 bits per heavy atom. The van der Waals surface area contributed by atoms with Crippen molar-refractivity contribution in [1.29, 1.82) is 0 Å². The molecule has 0 bridgehead atoms. The number of hydrogen-bond donors (Lipinski definition) is 1. The van der Waals surface area contributed by atoms with Crippen molar-refractivity contribution in [2.75, 3.05) is 5.32 Å². The Labute approximate surface area is 162 Å². The largest absolute Gasteiger partial charge is 0.487 e. The number of anilines is 1. The molecule has 2 aromatic heterocycles. The lowest BCUT2D eigenvalue weighted by molar-refractivity contribution is -0.0964. The number of aromatic nitrogens is 3. The van der Waals surface area contributed by atoms with Gasteiger partial charge in [0.15, 0.2) is 0 Å². The highest BCUT2D eigenvalue weighted by Crippen LogP contribution is 2.27. The first-order chi connectivity index (χ1) is 12.8. The Balaban J connectivity index is 1.77. The molecule has 0 aliphatic rings. The van der Waals surface area contributed by atoms with Gasteiger partial charge in [0, 0.05) is 47.0 Å². The number of carbonyl (C=O) groups excluding carboxylic acids is 1. The summed E-state index contributed by atoms with van der Waals surface area (Å²) in [5, 5.41) is 2.82. The molecule has 1 N–H and O–H groups in total. The van der Waals surface area contributed by atoms with Crippen LogP contribution in [0.1, 0.15) is 10.4 Å². The van der Waals surface area contributed by atoms with E-state index in [1.165, 1.54) is 36.8 Å². The number of ether oxygens (including phenoxy) is 1. The SMILES string of the molecule is O=C(Nc1ccc(OC(F)(F)Cl)cc1)c1cnc(Cl)c(-c2cncnc2)c1. The lowest BCUT2D eigenvalue weighted by Gasteiger charge is -2.11. The van der Waals surface area contributed by atoms with Gasteiger partial charge >= 0.3 is 5.57 Å². The third kappa shape index (κ3) is 5.08. The maximum absolute atomic E-state index is 12.6. The van der Waals surface area contributed by atoms with E-state index in [-0.39, 0.29) is 16.5 Å². The van der Waals surface area contributed by atoms with Gasteiger partial charge in [-0.3, -0.25) is 4.79 Å². The summed E-state index contributed by atoms with van der Waals surface area (Å²) in [5.74, 6) is -0.610. The Kier molecular flexibility index (Phi) is 5.48. The second kappa shape index (κ2) is 7.81. The number of benzene rings is 1. The van der Waals surface area contributed by atoms with Crippen LogP contribution in [0, 0.1) is 0 Å². The first kappa shape index (κ1) is 18.9. The topological polar surface area (TPSA) is 77.0 Å². The van der Waals surface area contributed by atoms with Gasteiger partial charge in [-0.15, -0.1) is 8.78 Å². The standard InChI is InChI=1S/C17H10Cl2F2N4O2/c18-15-14(11-6-22-9-23-7-11)5-10(8-24-15)16(26)25-12-1-3-13(4-2-12)27-17(19,20)21/h1-9H,(H,25,26). The Hall–Kier alpha value is -2.84. The summed E-state index contributed by atoms with van der Waals surface area (Å²) >= 11 is 10.8. The third-order valence-electron chi connectivity index (χ3n) is 3.32. The number of halogens is 4. The summed E-state index contributed by atoms with van der Waals surface area (Å²) in [7, 11) is 0. The molecule has 138 valence electrons. The van der Waals surface area contributed by atoms with E-state index < -0.39 is 11.5 Å². The molecule has 0 atom stereocenters. The van der Waals surface area contributed by atoms with Gasteiger partial charge in [0.25, 0.3) is 5.91 Å². The number of pyridine rings is 1. The van der Waals surface area contributed by atoms with Crippen LogP contribution in [0.5, 0.6) is 5.75 Å². The van der Waals surface area contributed by atoms with Crippen molar-refractivity contribution in [3.05, 3.63) is 66.0 Å². The number of nitrogens with zero attached hydrogens (tertiary/aromatic N) is 3. The molecule has 3 rings (SSSR count). The van der Waals surface area contributed by atoms with Gasteiger partial charge < -0.3 is 10.1 Å². The monoisotopic (exact) mass is 410 g/mol. The first-order valence-corrected chi connectivity index (χ1v) is 8.15. The second-order valence-electron chi connectivity index (χ2n) is 5.22. The molecule has 0 unspecified atom stereocenters. The summed E-state index contributed by atoms with van der Waals surface area (Å²) in [6, 6.07) is 6.84. The molecule has 0 aliphatic heterocycles. The van der Waals surface area contributed by atoms with E-state index in [1.807, 2.05) is 0 Å². The normalized spacial score (nSPS) is 11.1. The average molecular weight is 411 g/mol. The molecule has 2 heterocycles. The van der Waals surface area contributed by atoms with Gasteiger partial charge in [-0.1, -0.05) is 11.6 Å². The van der Waals surface area contributed by atoms with Gasteiger partial charge in [-0.2, -0.15) is 0 Å². The molecule has 6 nitrogen and oxygen atoms in total. The molecule has 3 aromatic rings. The summed E-state index contributed by atoms with van der Waals surface area (Å²) < 4.78 is 29.4. The molecule has 27 heavy (non-hydrogen) atoms. The zero-order valence-electron chi connectivity index (χ0n) is 13.4. The molecule has 1 aromatic carbocycles. The fourth-order valence-electron chi connectivity index (χ4n) is 2.16. The number of alkyl halides is 3. The molecule has 10 heteroatoms. The lowest BCUT2D eigenvalue weighted by Crippen LogP contribution is -2.16. The van der Waals surface area contributed by atoms with Gasteiger partial charge in [0.2, 0.25) is 0 Å². The number of amides is 1.